The van der Waals surface area contributed by atoms with Crippen LogP contribution in [0.4, 0.5) is 0 Å². The molecule has 1 N–H and O–H groups in total. The minimum absolute atomic E-state index is 0. The Kier molecular flexibility index (Phi) is 8.48. The molecule has 3 nitrogen and oxygen atoms in total. The zero-order chi connectivity index (χ0) is 6.62. The van der Waals surface area contributed by atoms with Gasteiger partial charge in [-0.1, -0.05) is 0 Å². The molecule has 0 aliphatic carbocycles. The van der Waals surface area contributed by atoms with E-state index >= 15 is 0 Å². The van der Waals surface area contributed by atoms with Crippen molar-refractivity contribution in [2.75, 3.05) is 11.6 Å². The largest absolute Gasteiger partial charge is 1.00 e. The van der Waals surface area contributed by atoms with E-state index in [4.69, 9.17) is 16.2 Å². The summed E-state index contributed by atoms with van der Waals surface area (Å²) in [6, 6.07) is 0. The second-order valence-corrected chi connectivity index (χ2v) is 3.28. The van der Waals surface area contributed by atoms with E-state index < -0.39 is 10.1 Å². The number of alkyl halides is 1. The fraction of sp³-hybridized carbons (Fsp3) is 1.00. The molecule has 0 atom stereocenters. The zero-order valence-electron chi connectivity index (χ0n) is 5.17. The molecule has 0 aromatic rings. The monoisotopic (exact) mass is 181 g/mol. The third-order valence-corrected chi connectivity index (χ3v) is 1.61. The third kappa shape index (κ3) is 12.4. The first-order chi connectivity index (χ1) is 3.56. The summed E-state index contributed by atoms with van der Waals surface area (Å²) in [6.07, 6.45) is 0.306. The Morgan fingerprint density at radius 1 is 1.44 bits per heavy atom. The molecule has 50 valence electrons. The Labute approximate surface area is 81.8 Å². The standard InChI is InChI=1S/C3H7ClO3S.Na/c4-2-1-3-8(5,6)7;/h1-3H2,(H,5,6,7);/q;+1. The van der Waals surface area contributed by atoms with Gasteiger partial charge in [0.15, 0.2) is 0 Å². The fourth-order valence-corrected chi connectivity index (χ4v) is 1.04. The number of rotatable bonds is 3. The van der Waals surface area contributed by atoms with E-state index in [1.54, 1.807) is 0 Å². The normalized spacial score (nSPS) is 10.4. The van der Waals surface area contributed by atoms with E-state index in [9.17, 15) is 8.42 Å². The first-order valence-electron chi connectivity index (χ1n) is 2.07. The molecule has 0 bridgehead atoms. The van der Waals surface area contributed by atoms with Gasteiger partial charge in [-0.15, -0.1) is 11.6 Å². The average Bonchev–Trinajstić information content (AvgIpc) is 1.59. The van der Waals surface area contributed by atoms with Crippen molar-refractivity contribution in [1.82, 2.24) is 0 Å². The maximum Gasteiger partial charge on any atom is 1.00 e. The second-order valence-electron chi connectivity index (χ2n) is 1.33. The Morgan fingerprint density at radius 2 is 1.89 bits per heavy atom. The van der Waals surface area contributed by atoms with Gasteiger partial charge in [-0.05, 0) is 6.42 Å². The average molecular weight is 182 g/mol. The predicted octanol–water partition coefficient (Wildman–Crippen LogP) is -2.49. The van der Waals surface area contributed by atoms with Gasteiger partial charge in [0.05, 0.1) is 5.75 Å². The van der Waals surface area contributed by atoms with E-state index in [1.165, 1.54) is 0 Å². The zero-order valence-corrected chi connectivity index (χ0v) is 8.74. The number of hydrogen-bond acceptors (Lipinski definition) is 2. The van der Waals surface area contributed by atoms with Crippen molar-refractivity contribution in [1.29, 1.82) is 0 Å². The van der Waals surface area contributed by atoms with Crippen LogP contribution in [-0.2, 0) is 10.1 Å². The summed E-state index contributed by atoms with van der Waals surface area (Å²) in [6.45, 7) is 0. The topological polar surface area (TPSA) is 54.4 Å². The Bertz CT molecular complexity index is 143. The summed E-state index contributed by atoms with van der Waals surface area (Å²) in [4.78, 5) is 0. The minimum Gasteiger partial charge on any atom is -0.286 e. The molecule has 0 aromatic carbocycles. The molecule has 0 radical (unpaired) electrons. The Balaban J connectivity index is 0. The molecule has 0 saturated carbocycles. The molecule has 0 saturated heterocycles. The van der Waals surface area contributed by atoms with Crippen molar-refractivity contribution in [3.63, 3.8) is 0 Å². The van der Waals surface area contributed by atoms with Gasteiger partial charge in [0.25, 0.3) is 10.1 Å². The van der Waals surface area contributed by atoms with E-state index in [2.05, 4.69) is 0 Å². The summed E-state index contributed by atoms with van der Waals surface area (Å²) in [5.74, 6) is 0.0241. The maximum absolute atomic E-state index is 9.89. The van der Waals surface area contributed by atoms with Crippen molar-refractivity contribution in [2.45, 2.75) is 6.42 Å². The van der Waals surface area contributed by atoms with Gasteiger partial charge in [0, 0.05) is 5.88 Å². The van der Waals surface area contributed by atoms with Crippen molar-refractivity contribution in [3.05, 3.63) is 0 Å². The Morgan fingerprint density at radius 3 is 2.00 bits per heavy atom. The van der Waals surface area contributed by atoms with Crippen LogP contribution in [0.25, 0.3) is 0 Å². The predicted molar refractivity (Wildman–Crippen MR) is 31.8 cm³/mol. The molecule has 0 rings (SSSR count). The Hall–Kier alpha value is 1.20. The van der Waals surface area contributed by atoms with E-state index in [0.717, 1.165) is 0 Å². The third-order valence-electron chi connectivity index (χ3n) is 0.536. The van der Waals surface area contributed by atoms with Crippen LogP contribution in [0.1, 0.15) is 6.42 Å². The van der Waals surface area contributed by atoms with Crippen molar-refractivity contribution >= 4 is 21.7 Å². The molecule has 0 amide bonds. The van der Waals surface area contributed by atoms with Crippen LogP contribution in [-0.4, -0.2) is 24.6 Å². The molecular weight excluding hydrogens is 175 g/mol. The first kappa shape index (κ1) is 12.8. The van der Waals surface area contributed by atoms with Crippen LogP contribution in [0.2, 0.25) is 0 Å². The SMILES string of the molecule is O=S(=O)(O)CCCCl.[Na+]. The summed E-state index contributed by atoms with van der Waals surface area (Å²) < 4.78 is 27.8. The number of hydrogen-bond donors (Lipinski definition) is 1. The molecule has 9 heavy (non-hydrogen) atoms. The maximum atomic E-state index is 9.89. The van der Waals surface area contributed by atoms with Gasteiger partial charge in [0.1, 0.15) is 0 Å². The van der Waals surface area contributed by atoms with Crippen LogP contribution in [0.5, 0.6) is 0 Å². The summed E-state index contributed by atoms with van der Waals surface area (Å²) >= 11 is 5.13. The molecule has 0 aromatic heterocycles. The fourth-order valence-electron chi connectivity index (χ4n) is 0.237. The summed E-state index contributed by atoms with van der Waals surface area (Å²) in [5.41, 5.74) is 0. The van der Waals surface area contributed by atoms with Gasteiger partial charge in [0.2, 0.25) is 0 Å². The van der Waals surface area contributed by atoms with Crippen LogP contribution >= 0.6 is 11.6 Å². The molecule has 0 heterocycles. The quantitative estimate of drug-likeness (QED) is 0.298. The van der Waals surface area contributed by atoms with Gasteiger partial charge >= 0.3 is 29.6 Å². The second kappa shape index (κ2) is 5.95. The van der Waals surface area contributed by atoms with Crippen molar-refractivity contribution in [3.8, 4) is 0 Å². The number of halogens is 1. The molecule has 0 aliphatic rings. The van der Waals surface area contributed by atoms with Gasteiger partial charge < -0.3 is 0 Å². The van der Waals surface area contributed by atoms with Crippen molar-refractivity contribution in [2.24, 2.45) is 0 Å². The first-order valence-corrected chi connectivity index (χ1v) is 4.22. The van der Waals surface area contributed by atoms with E-state index in [-0.39, 0.29) is 41.2 Å². The van der Waals surface area contributed by atoms with Gasteiger partial charge in [-0.3, -0.25) is 4.55 Å². The van der Waals surface area contributed by atoms with Gasteiger partial charge in [-0.25, -0.2) is 0 Å². The van der Waals surface area contributed by atoms with Crippen LogP contribution in [0, 0.1) is 0 Å². The van der Waals surface area contributed by atoms with Crippen molar-refractivity contribution < 1.29 is 42.5 Å². The van der Waals surface area contributed by atoms with E-state index in [1.807, 2.05) is 0 Å². The molecule has 6 heteroatoms. The van der Waals surface area contributed by atoms with E-state index in [0.29, 0.717) is 6.42 Å². The van der Waals surface area contributed by atoms with Crippen LogP contribution in [0.3, 0.4) is 0 Å². The van der Waals surface area contributed by atoms with Crippen LogP contribution in [0.15, 0.2) is 0 Å². The summed E-state index contributed by atoms with van der Waals surface area (Å²) in [7, 11) is -3.77. The van der Waals surface area contributed by atoms with Crippen LogP contribution < -0.4 is 29.6 Å². The minimum atomic E-state index is -3.77. The van der Waals surface area contributed by atoms with Gasteiger partial charge in [-0.2, -0.15) is 8.42 Å². The summed E-state index contributed by atoms with van der Waals surface area (Å²) in [5, 5.41) is 0. The molecule has 0 spiro atoms. The molecule has 0 fully saturated rings. The molecule has 0 aliphatic heterocycles. The molecule has 0 unspecified atom stereocenters. The smallest absolute Gasteiger partial charge is 0.286 e. The molecular formula is C3H7ClNaO3S+.